The van der Waals surface area contributed by atoms with Gasteiger partial charge in [-0.3, -0.25) is 14.5 Å². The number of likely N-dealkylation sites (N-methyl/N-ethyl adjacent to an activating group) is 1. The maximum atomic E-state index is 12.5. The second kappa shape index (κ2) is 9.53. The van der Waals surface area contributed by atoms with Gasteiger partial charge in [-0.05, 0) is 44.6 Å². The van der Waals surface area contributed by atoms with Crippen LogP contribution in [0.1, 0.15) is 65.7 Å². The number of ether oxygens (including phenoxy) is 1. The third-order valence-electron chi connectivity index (χ3n) is 5.63. The van der Waals surface area contributed by atoms with Crippen molar-refractivity contribution in [1.82, 2.24) is 10.2 Å². The summed E-state index contributed by atoms with van der Waals surface area (Å²) in [5, 5.41) is 12.0. The van der Waals surface area contributed by atoms with E-state index < -0.39 is 5.97 Å². The van der Waals surface area contributed by atoms with E-state index in [2.05, 4.69) is 12.2 Å². The van der Waals surface area contributed by atoms with E-state index >= 15 is 0 Å². The van der Waals surface area contributed by atoms with Crippen LogP contribution >= 0.6 is 0 Å². The van der Waals surface area contributed by atoms with Crippen molar-refractivity contribution in [3.8, 4) is 0 Å². The Morgan fingerprint density at radius 1 is 1.24 bits per heavy atom. The smallest absolute Gasteiger partial charge is 0.317 e. The number of carboxylic acid groups (broad SMARTS) is 1. The zero-order chi connectivity index (χ0) is 18.4. The molecule has 3 unspecified atom stereocenters. The van der Waals surface area contributed by atoms with Crippen molar-refractivity contribution in [3.05, 3.63) is 0 Å². The van der Waals surface area contributed by atoms with Crippen molar-refractivity contribution in [1.29, 1.82) is 0 Å². The number of carbonyl (C=O) groups excluding carboxylic acids is 1. The Labute approximate surface area is 151 Å². The summed E-state index contributed by atoms with van der Waals surface area (Å²) in [5.41, 5.74) is 0. The second-order valence-corrected chi connectivity index (χ2v) is 7.71. The fourth-order valence-corrected chi connectivity index (χ4v) is 4.05. The van der Waals surface area contributed by atoms with E-state index in [-0.39, 0.29) is 36.7 Å². The van der Waals surface area contributed by atoms with Crippen LogP contribution in [0, 0.1) is 5.92 Å². The molecule has 0 saturated heterocycles. The summed E-state index contributed by atoms with van der Waals surface area (Å²) < 4.78 is 6.09. The lowest BCUT2D eigenvalue weighted by atomic mass is 9.85. The lowest BCUT2D eigenvalue weighted by Crippen LogP contribution is -2.56. The van der Waals surface area contributed by atoms with E-state index in [0.717, 1.165) is 32.2 Å². The first-order valence-electron chi connectivity index (χ1n) is 9.84. The van der Waals surface area contributed by atoms with Crippen LogP contribution in [0.5, 0.6) is 0 Å². The highest BCUT2D eigenvalue weighted by molar-refractivity contribution is 5.81. The van der Waals surface area contributed by atoms with Gasteiger partial charge in [0, 0.05) is 12.1 Å². The second-order valence-electron chi connectivity index (χ2n) is 7.71. The monoisotopic (exact) mass is 354 g/mol. The lowest BCUT2D eigenvalue weighted by molar-refractivity contribution is -0.142. The number of hydrogen-bond acceptors (Lipinski definition) is 4. The van der Waals surface area contributed by atoms with Crippen LogP contribution < -0.4 is 5.32 Å². The zero-order valence-electron chi connectivity index (χ0n) is 15.9. The van der Waals surface area contributed by atoms with Gasteiger partial charge in [0.25, 0.3) is 0 Å². The predicted octanol–water partition coefficient (Wildman–Crippen LogP) is 2.41. The number of carboxylic acids is 1. The van der Waals surface area contributed by atoms with Crippen molar-refractivity contribution < 1.29 is 19.4 Å². The zero-order valence-corrected chi connectivity index (χ0v) is 15.9. The summed E-state index contributed by atoms with van der Waals surface area (Å²) in [7, 11) is 0. The van der Waals surface area contributed by atoms with E-state index in [1.165, 1.54) is 12.8 Å². The average Bonchev–Trinajstić information content (AvgIpc) is 2.53. The van der Waals surface area contributed by atoms with E-state index in [4.69, 9.17) is 9.84 Å². The quantitative estimate of drug-likeness (QED) is 0.665. The van der Waals surface area contributed by atoms with Crippen LogP contribution in [0.3, 0.4) is 0 Å². The highest BCUT2D eigenvalue weighted by Gasteiger charge is 2.36. The number of aliphatic carboxylic acids is 1. The van der Waals surface area contributed by atoms with Gasteiger partial charge in [0.2, 0.25) is 5.91 Å². The Bertz CT molecular complexity index is 451. The first-order chi connectivity index (χ1) is 11.9. The number of amides is 1. The molecule has 25 heavy (non-hydrogen) atoms. The Morgan fingerprint density at radius 2 is 1.96 bits per heavy atom. The third kappa shape index (κ3) is 5.96. The van der Waals surface area contributed by atoms with Gasteiger partial charge in [0.15, 0.2) is 0 Å². The van der Waals surface area contributed by atoms with Gasteiger partial charge in [-0.1, -0.05) is 33.6 Å². The number of hydrogen-bond donors (Lipinski definition) is 2. The fraction of sp³-hybridized carbons (Fsp3) is 0.895. The molecule has 144 valence electrons. The maximum absolute atomic E-state index is 12.5. The van der Waals surface area contributed by atoms with Crippen molar-refractivity contribution in [2.75, 3.05) is 13.1 Å². The molecule has 2 fully saturated rings. The average molecular weight is 354 g/mol. The Morgan fingerprint density at radius 3 is 2.52 bits per heavy atom. The topological polar surface area (TPSA) is 78.9 Å². The van der Waals surface area contributed by atoms with Gasteiger partial charge in [-0.2, -0.15) is 0 Å². The summed E-state index contributed by atoms with van der Waals surface area (Å²) in [6.45, 7) is 7.01. The van der Waals surface area contributed by atoms with Gasteiger partial charge in [-0.25, -0.2) is 0 Å². The van der Waals surface area contributed by atoms with E-state index in [1.54, 1.807) is 0 Å². The summed E-state index contributed by atoms with van der Waals surface area (Å²) in [6, 6.07) is 0.398. The van der Waals surface area contributed by atoms with Crippen molar-refractivity contribution in [3.63, 3.8) is 0 Å². The lowest BCUT2D eigenvalue weighted by Gasteiger charge is -2.42. The molecule has 0 spiro atoms. The molecule has 0 radical (unpaired) electrons. The van der Waals surface area contributed by atoms with Crippen LogP contribution in [0.4, 0.5) is 0 Å². The van der Waals surface area contributed by atoms with E-state index in [9.17, 15) is 9.59 Å². The van der Waals surface area contributed by atoms with Gasteiger partial charge >= 0.3 is 5.97 Å². The minimum Gasteiger partial charge on any atom is -0.480 e. The van der Waals surface area contributed by atoms with Crippen LogP contribution in [-0.2, 0) is 14.3 Å². The third-order valence-corrected chi connectivity index (χ3v) is 5.63. The molecule has 0 aromatic carbocycles. The fourth-order valence-electron chi connectivity index (χ4n) is 4.05. The molecular weight excluding hydrogens is 320 g/mol. The summed E-state index contributed by atoms with van der Waals surface area (Å²) in [6.07, 6.45) is 6.73. The molecule has 2 saturated carbocycles. The molecule has 2 aliphatic carbocycles. The van der Waals surface area contributed by atoms with Crippen LogP contribution in [0.25, 0.3) is 0 Å². The SMILES string of the molecule is CCC(OC1CCCC(C)C1)C(=O)NC1CC(N(CC)CC(=O)O)C1. The molecular formula is C19H34N2O4. The molecule has 6 nitrogen and oxygen atoms in total. The Kier molecular flexibility index (Phi) is 7.69. The number of carbonyl (C=O) groups is 2. The first kappa shape index (κ1) is 20.2. The number of rotatable bonds is 9. The van der Waals surface area contributed by atoms with Gasteiger partial charge in [0.05, 0.1) is 12.6 Å². The maximum Gasteiger partial charge on any atom is 0.317 e. The molecule has 0 heterocycles. The normalized spacial score (nSPS) is 30.6. The van der Waals surface area contributed by atoms with Crippen LogP contribution in [0.2, 0.25) is 0 Å². The minimum atomic E-state index is -0.796. The molecule has 1 amide bonds. The Balaban J connectivity index is 1.74. The van der Waals surface area contributed by atoms with Crippen LogP contribution in [-0.4, -0.2) is 59.3 Å². The molecule has 2 N–H and O–H groups in total. The van der Waals surface area contributed by atoms with Gasteiger partial charge in [-0.15, -0.1) is 0 Å². The number of nitrogens with zero attached hydrogens (tertiary/aromatic N) is 1. The van der Waals surface area contributed by atoms with Gasteiger partial charge < -0.3 is 15.2 Å². The molecule has 2 aliphatic rings. The molecule has 0 aromatic heterocycles. The Hall–Kier alpha value is -1.14. The van der Waals surface area contributed by atoms with Crippen LogP contribution in [0.15, 0.2) is 0 Å². The molecule has 0 aliphatic heterocycles. The summed E-state index contributed by atoms with van der Waals surface area (Å²) in [5.74, 6) is -0.123. The predicted molar refractivity (Wildman–Crippen MR) is 96.4 cm³/mol. The number of nitrogens with one attached hydrogen (secondary N) is 1. The highest BCUT2D eigenvalue weighted by Crippen LogP contribution is 2.28. The summed E-state index contributed by atoms with van der Waals surface area (Å²) >= 11 is 0. The standard InChI is InChI=1S/C19H34N2O4/c1-4-17(25-16-8-6-7-13(3)9-16)19(24)20-14-10-15(11-14)21(5-2)12-18(22)23/h13-17H,4-12H2,1-3H3,(H,20,24)(H,22,23). The van der Waals surface area contributed by atoms with Crippen molar-refractivity contribution in [2.45, 2.75) is 90.0 Å². The minimum absolute atomic E-state index is 0.00883. The highest BCUT2D eigenvalue weighted by atomic mass is 16.5. The molecule has 0 bridgehead atoms. The largest absolute Gasteiger partial charge is 0.480 e. The molecule has 2 rings (SSSR count). The first-order valence-corrected chi connectivity index (χ1v) is 9.84. The molecule has 0 aromatic rings. The summed E-state index contributed by atoms with van der Waals surface area (Å²) in [4.78, 5) is 25.4. The van der Waals surface area contributed by atoms with Crippen molar-refractivity contribution in [2.24, 2.45) is 5.92 Å². The molecule has 6 heteroatoms. The van der Waals surface area contributed by atoms with Gasteiger partial charge in [0.1, 0.15) is 6.10 Å². The van der Waals surface area contributed by atoms with E-state index in [0.29, 0.717) is 12.3 Å². The van der Waals surface area contributed by atoms with Crippen molar-refractivity contribution >= 4 is 11.9 Å². The van der Waals surface area contributed by atoms with E-state index in [1.807, 2.05) is 18.7 Å². The molecule has 3 atom stereocenters.